The third-order valence-corrected chi connectivity index (χ3v) is 15.5. The van der Waals surface area contributed by atoms with Gasteiger partial charge in [-0.1, -0.05) is 84.9 Å². The molecule has 0 radical (unpaired) electrons. The summed E-state index contributed by atoms with van der Waals surface area (Å²) in [7, 11) is -3.28. The molecule has 0 aliphatic rings. The van der Waals surface area contributed by atoms with Crippen molar-refractivity contribution in [1.82, 2.24) is 19.9 Å². The first-order valence-corrected chi connectivity index (χ1v) is 23.4. The van der Waals surface area contributed by atoms with Gasteiger partial charge in [0, 0.05) is 21.7 Å². The molecule has 0 fully saturated rings. The number of hydrogen-bond donors (Lipinski definition) is 1. The molecule has 6 heteroatoms. The van der Waals surface area contributed by atoms with Gasteiger partial charge in [0.15, 0.2) is 0 Å². The van der Waals surface area contributed by atoms with Gasteiger partial charge in [0.25, 0.3) is 0 Å². The molecular weight excluding hydrogens is 800 g/mol. The van der Waals surface area contributed by atoms with Crippen molar-refractivity contribution in [2.75, 3.05) is 0 Å². The van der Waals surface area contributed by atoms with E-state index >= 15 is 0 Å². The summed E-state index contributed by atoms with van der Waals surface area (Å²) < 4.78 is 0. The molecule has 0 saturated carbocycles. The Kier molecular flexibility index (Phi) is 10.2. The van der Waals surface area contributed by atoms with Gasteiger partial charge in [0.05, 0.1) is 11.2 Å². The number of fused-ring (bicyclic) bond motifs is 3. The second kappa shape index (κ2) is 16.7. The molecule has 5 nitrogen and oxygen atoms in total. The Hall–Kier alpha value is -7.95. The Labute approximate surface area is 372 Å². The van der Waals surface area contributed by atoms with Gasteiger partial charge >= 0.3 is 228 Å². The molecule has 0 saturated heterocycles. The number of pyridine rings is 1. The summed E-state index contributed by atoms with van der Waals surface area (Å²) in [4.78, 5) is 32.8. The van der Waals surface area contributed by atoms with Crippen molar-refractivity contribution in [1.29, 1.82) is 0 Å². The molecule has 304 valence electrons. The minimum absolute atomic E-state index is 0.560. The Morgan fingerprint density at radius 1 is 0.297 bits per heavy atom. The summed E-state index contributed by atoms with van der Waals surface area (Å²) in [6.45, 7) is 0. The van der Waals surface area contributed by atoms with E-state index in [0.717, 1.165) is 82.4 Å². The summed E-state index contributed by atoms with van der Waals surface area (Å²) in [6, 6.07) is 80.7. The van der Waals surface area contributed by atoms with Gasteiger partial charge in [0.1, 0.15) is 0 Å². The summed E-state index contributed by atoms with van der Waals surface area (Å²) in [5, 5.41) is 6.19. The fraction of sp³-hybridized carbons (Fsp3) is 0. The van der Waals surface area contributed by atoms with Gasteiger partial charge in [-0.2, -0.15) is 0 Å². The molecule has 0 spiro atoms. The molecule has 0 bridgehead atoms. The quantitative estimate of drug-likeness (QED) is 0.116. The third kappa shape index (κ3) is 7.23. The Morgan fingerprint density at radius 2 is 0.719 bits per heavy atom. The van der Waals surface area contributed by atoms with Crippen molar-refractivity contribution in [2.45, 2.75) is 0 Å². The molecule has 0 amide bonds. The number of nitrogens with zero attached hydrogens (tertiary/aromatic N) is 4. The van der Waals surface area contributed by atoms with Crippen LogP contribution in [0.2, 0.25) is 0 Å². The zero-order chi connectivity index (χ0) is 42.9. The fourth-order valence-electron chi connectivity index (χ4n) is 8.81. The number of rotatable bonds is 9. The Morgan fingerprint density at radius 3 is 1.33 bits per heavy atom. The fourth-order valence-corrected chi connectivity index (χ4v) is 11.8. The zero-order valence-electron chi connectivity index (χ0n) is 34.8. The summed E-state index contributed by atoms with van der Waals surface area (Å²) in [5.74, 6) is 1.73. The van der Waals surface area contributed by atoms with E-state index in [0.29, 0.717) is 17.5 Å². The average molecular weight is 841 g/mol. The van der Waals surface area contributed by atoms with Gasteiger partial charge in [-0.25, -0.2) is 4.98 Å². The molecule has 0 unspecified atom stereocenters. The first kappa shape index (κ1) is 38.9. The molecule has 0 atom stereocenters. The third-order valence-electron chi connectivity index (χ3n) is 12.0. The van der Waals surface area contributed by atoms with Crippen molar-refractivity contribution in [3.8, 4) is 67.7 Å². The second-order valence-electron chi connectivity index (χ2n) is 15.9. The molecule has 2 heterocycles. The van der Waals surface area contributed by atoms with Crippen LogP contribution >= 0.6 is 7.49 Å². The number of hydrogen-bond acceptors (Lipinski definition) is 5. The average Bonchev–Trinajstić information content (AvgIpc) is 3.39. The van der Waals surface area contributed by atoms with Crippen LogP contribution in [0.15, 0.2) is 237 Å². The van der Waals surface area contributed by atoms with E-state index in [4.69, 9.17) is 19.9 Å². The van der Waals surface area contributed by atoms with Crippen LogP contribution in [-0.4, -0.2) is 24.8 Å². The van der Waals surface area contributed by atoms with Gasteiger partial charge in [0.2, 0.25) is 0 Å². The van der Waals surface area contributed by atoms with Gasteiger partial charge in [-0.15, -0.1) is 0 Å². The van der Waals surface area contributed by atoms with Gasteiger partial charge in [-0.05, 0) is 23.3 Å². The van der Waals surface area contributed by atoms with Crippen molar-refractivity contribution in [3.63, 3.8) is 0 Å². The van der Waals surface area contributed by atoms with Gasteiger partial charge in [-0.3, -0.25) is 0 Å². The number of benzene rings is 9. The van der Waals surface area contributed by atoms with E-state index in [1.165, 1.54) is 5.39 Å². The standard InChI is InChI=1S/C58H41N4OP/c63-64(47-23-9-3-10-24-47,48-25-11-4-12-26-48)49-37-35-44(36-38-49)58-61-56(42-19-7-2-8-20-42)60-57(62-58)43-33-31-40(32-34-43)45-21-15-22-46(39-45)50-28-16-29-52-54(50)51-27-13-14-30-53(51)59-55(52)41-17-5-1-6-18-41/h1-39,63-64H. The predicted octanol–water partition coefficient (Wildman–Crippen LogP) is 12.5. The summed E-state index contributed by atoms with van der Waals surface area (Å²) in [5.41, 5.74) is 10.2. The van der Waals surface area contributed by atoms with Crippen LogP contribution in [0.1, 0.15) is 0 Å². The molecular formula is C58H41N4OP. The summed E-state index contributed by atoms with van der Waals surface area (Å²) in [6.07, 6.45) is 0. The molecule has 9 aromatic carbocycles. The maximum absolute atomic E-state index is 12.6. The molecule has 64 heavy (non-hydrogen) atoms. The number of para-hydroxylation sites is 1. The van der Waals surface area contributed by atoms with Crippen LogP contribution < -0.4 is 15.9 Å². The monoisotopic (exact) mass is 840 g/mol. The van der Waals surface area contributed by atoms with E-state index in [1.807, 2.05) is 121 Å². The van der Waals surface area contributed by atoms with E-state index in [-0.39, 0.29) is 0 Å². The Balaban J connectivity index is 0.958. The van der Waals surface area contributed by atoms with Crippen LogP contribution in [0, 0.1) is 0 Å². The van der Waals surface area contributed by atoms with E-state index in [1.54, 1.807) is 0 Å². The second-order valence-corrected chi connectivity index (χ2v) is 19.1. The molecule has 1 N–H and O–H groups in total. The maximum atomic E-state index is 12.6. The number of aromatic nitrogens is 4. The van der Waals surface area contributed by atoms with Crippen LogP contribution in [0.3, 0.4) is 0 Å². The Bertz CT molecular complexity index is 3380. The molecule has 0 aliphatic heterocycles. The van der Waals surface area contributed by atoms with Crippen molar-refractivity contribution < 1.29 is 4.89 Å². The summed E-state index contributed by atoms with van der Waals surface area (Å²) >= 11 is 0. The van der Waals surface area contributed by atoms with E-state index in [2.05, 4.69) is 115 Å². The van der Waals surface area contributed by atoms with Gasteiger partial charge < -0.3 is 0 Å². The van der Waals surface area contributed by atoms with Crippen molar-refractivity contribution >= 4 is 45.1 Å². The molecule has 11 aromatic rings. The van der Waals surface area contributed by atoms with Crippen LogP contribution in [0.4, 0.5) is 0 Å². The first-order valence-electron chi connectivity index (χ1n) is 21.4. The van der Waals surface area contributed by atoms with Crippen LogP contribution in [-0.2, 0) is 0 Å². The predicted molar refractivity (Wildman–Crippen MR) is 268 cm³/mol. The topological polar surface area (TPSA) is 71.8 Å². The van der Waals surface area contributed by atoms with E-state index in [9.17, 15) is 4.89 Å². The molecule has 11 rings (SSSR count). The van der Waals surface area contributed by atoms with Crippen LogP contribution in [0.25, 0.3) is 89.4 Å². The molecule has 0 aliphatic carbocycles. The van der Waals surface area contributed by atoms with E-state index < -0.39 is 7.49 Å². The SMILES string of the molecule is O[PH](c1ccccc1)(c1ccccc1)c1ccc(-c2nc(-c3ccccc3)nc(-c3ccc(-c4cccc(-c5cccc6c(-c7ccccc7)nc7ccccc7c56)c4)cc3)n2)cc1. The van der Waals surface area contributed by atoms with Crippen LogP contribution in [0.5, 0.6) is 0 Å². The molecule has 2 aromatic heterocycles. The first-order chi connectivity index (χ1) is 31.6. The zero-order valence-corrected chi connectivity index (χ0v) is 35.8. The normalized spacial score (nSPS) is 11.8. The minimum atomic E-state index is -3.28. The van der Waals surface area contributed by atoms with Crippen molar-refractivity contribution in [2.24, 2.45) is 0 Å². The van der Waals surface area contributed by atoms with Crippen molar-refractivity contribution in [3.05, 3.63) is 237 Å².